The van der Waals surface area contributed by atoms with Crippen LogP contribution in [0.2, 0.25) is 5.02 Å². The summed E-state index contributed by atoms with van der Waals surface area (Å²) in [5.74, 6) is -0.353. The standard InChI is InChI=1S/C43H41ClN4O3/c1-42(2,3)34-22-23-37(44)35(27-34)29-21-24-38-36(26-29)39(45-40(49)30-14-13-25-47(28-30)41(50)51)46-48(38)43(31-15-7-4-8-16-31,32-17-9-5-10-18-32)33-19-11-6-12-20-33/h4-12,15-24,26-27,30H,13-14,25,28H2,1-3H3,(H,50,51)(H,45,46,49)/t30-/m1/s1. The summed E-state index contributed by atoms with van der Waals surface area (Å²) in [5, 5.41) is 19.5. The zero-order chi connectivity index (χ0) is 35.8. The van der Waals surface area contributed by atoms with Crippen molar-refractivity contribution in [1.82, 2.24) is 14.7 Å². The summed E-state index contributed by atoms with van der Waals surface area (Å²) in [4.78, 5) is 27.2. The lowest BCUT2D eigenvalue weighted by molar-refractivity contribution is -0.121. The SMILES string of the molecule is CC(C)(C)c1ccc(Cl)c(-c2ccc3c(c2)c(NC(=O)[C@@H]2CCCN(C(=O)O)C2)nn3C(c2ccccc2)(c2ccccc2)c2ccccc2)c1. The van der Waals surface area contributed by atoms with Gasteiger partial charge in [0.25, 0.3) is 0 Å². The molecule has 0 spiro atoms. The van der Waals surface area contributed by atoms with Crippen molar-refractivity contribution in [3.63, 3.8) is 0 Å². The van der Waals surface area contributed by atoms with E-state index < -0.39 is 17.6 Å². The summed E-state index contributed by atoms with van der Waals surface area (Å²) in [7, 11) is 0. The van der Waals surface area contributed by atoms with Gasteiger partial charge < -0.3 is 15.3 Å². The molecule has 1 aromatic heterocycles. The monoisotopic (exact) mass is 696 g/mol. The number of likely N-dealkylation sites (tertiary alicyclic amines) is 1. The molecule has 0 radical (unpaired) electrons. The Hall–Kier alpha value is -5.40. The van der Waals surface area contributed by atoms with Crippen LogP contribution in [0, 0.1) is 5.92 Å². The van der Waals surface area contributed by atoms with E-state index in [1.807, 2.05) is 65.3 Å². The maximum atomic E-state index is 14.0. The topological polar surface area (TPSA) is 87.5 Å². The quantitative estimate of drug-likeness (QED) is 0.163. The molecular formula is C43H41ClN4O3. The van der Waals surface area contributed by atoms with E-state index in [9.17, 15) is 14.7 Å². The lowest BCUT2D eigenvalue weighted by Crippen LogP contribution is -2.43. The van der Waals surface area contributed by atoms with Crippen molar-refractivity contribution < 1.29 is 14.7 Å². The van der Waals surface area contributed by atoms with Gasteiger partial charge in [0.2, 0.25) is 5.91 Å². The van der Waals surface area contributed by atoms with Crippen molar-refractivity contribution in [2.45, 2.75) is 44.6 Å². The summed E-state index contributed by atoms with van der Waals surface area (Å²) in [6.45, 7) is 7.08. The zero-order valence-corrected chi connectivity index (χ0v) is 29.8. The van der Waals surface area contributed by atoms with Crippen molar-refractivity contribution in [1.29, 1.82) is 0 Å². The number of carboxylic acid groups (broad SMARTS) is 1. The van der Waals surface area contributed by atoms with Gasteiger partial charge in [0, 0.05) is 29.1 Å². The molecule has 7 nitrogen and oxygen atoms in total. The Morgan fingerprint density at radius 2 is 1.37 bits per heavy atom. The molecule has 7 rings (SSSR count). The first kappa shape index (κ1) is 34.1. The molecule has 1 saturated heterocycles. The van der Waals surface area contributed by atoms with Crippen LogP contribution in [-0.2, 0) is 15.7 Å². The van der Waals surface area contributed by atoms with Gasteiger partial charge in [-0.25, -0.2) is 9.48 Å². The van der Waals surface area contributed by atoms with Crippen molar-refractivity contribution in [3.05, 3.63) is 155 Å². The molecule has 1 fully saturated rings. The number of carbonyl (C=O) groups excluding carboxylic acids is 1. The Balaban J connectivity index is 1.49. The average Bonchev–Trinajstić information content (AvgIpc) is 3.50. The smallest absolute Gasteiger partial charge is 0.407 e. The van der Waals surface area contributed by atoms with E-state index in [0.717, 1.165) is 44.3 Å². The Morgan fingerprint density at radius 1 is 0.784 bits per heavy atom. The van der Waals surface area contributed by atoms with Crippen LogP contribution in [-0.4, -0.2) is 44.9 Å². The first-order valence-electron chi connectivity index (χ1n) is 17.4. The van der Waals surface area contributed by atoms with Crippen LogP contribution in [0.5, 0.6) is 0 Å². The highest BCUT2D eigenvalue weighted by atomic mass is 35.5. The molecule has 1 atom stereocenters. The van der Waals surface area contributed by atoms with E-state index in [0.29, 0.717) is 30.2 Å². The van der Waals surface area contributed by atoms with E-state index in [2.05, 4.69) is 92.8 Å². The summed E-state index contributed by atoms with van der Waals surface area (Å²) in [5.41, 5.74) is 5.73. The second-order valence-corrected chi connectivity index (χ2v) is 14.7. The number of benzene rings is 5. The maximum Gasteiger partial charge on any atom is 0.407 e. The highest BCUT2D eigenvalue weighted by molar-refractivity contribution is 6.33. The molecule has 0 saturated carbocycles. The average molecular weight is 697 g/mol. The van der Waals surface area contributed by atoms with Gasteiger partial charge in [0.05, 0.1) is 11.4 Å². The highest BCUT2D eigenvalue weighted by Gasteiger charge is 2.41. The summed E-state index contributed by atoms with van der Waals surface area (Å²) >= 11 is 6.87. The third kappa shape index (κ3) is 6.38. The molecule has 0 unspecified atom stereocenters. The van der Waals surface area contributed by atoms with Crippen LogP contribution in [0.15, 0.2) is 127 Å². The number of aromatic nitrogens is 2. The fourth-order valence-electron chi connectivity index (χ4n) is 7.34. The van der Waals surface area contributed by atoms with E-state index in [1.165, 1.54) is 4.90 Å². The van der Waals surface area contributed by atoms with Gasteiger partial charge >= 0.3 is 6.09 Å². The number of hydrogen-bond donors (Lipinski definition) is 2. The largest absolute Gasteiger partial charge is 0.465 e. The van der Waals surface area contributed by atoms with Crippen molar-refractivity contribution in [3.8, 4) is 11.1 Å². The van der Waals surface area contributed by atoms with E-state index in [1.54, 1.807) is 0 Å². The van der Waals surface area contributed by atoms with Gasteiger partial charge in [-0.1, -0.05) is 136 Å². The predicted octanol–water partition coefficient (Wildman–Crippen LogP) is 9.82. The van der Waals surface area contributed by atoms with Crippen LogP contribution in [0.1, 0.15) is 55.9 Å². The van der Waals surface area contributed by atoms with Gasteiger partial charge in [-0.05, 0) is 70.3 Å². The molecule has 51 heavy (non-hydrogen) atoms. The van der Waals surface area contributed by atoms with Crippen molar-refractivity contribution in [2.24, 2.45) is 5.92 Å². The van der Waals surface area contributed by atoms with Crippen molar-refractivity contribution in [2.75, 3.05) is 18.4 Å². The Labute approximate surface area is 303 Å². The highest BCUT2D eigenvalue weighted by Crippen LogP contribution is 2.44. The molecule has 2 heterocycles. The number of nitrogens with one attached hydrogen (secondary N) is 1. The number of piperidine rings is 1. The molecular weight excluding hydrogens is 656 g/mol. The maximum absolute atomic E-state index is 14.0. The molecule has 0 aliphatic carbocycles. The van der Waals surface area contributed by atoms with Crippen LogP contribution in [0.3, 0.4) is 0 Å². The summed E-state index contributed by atoms with van der Waals surface area (Å²) in [6.07, 6.45) is 0.196. The minimum absolute atomic E-state index is 0.0854. The number of halogens is 1. The zero-order valence-electron chi connectivity index (χ0n) is 29.0. The number of anilines is 1. The van der Waals surface area contributed by atoms with Crippen molar-refractivity contribution >= 4 is 40.3 Å². The summed E-state index contributed by atoms with van der Waals surface area (Å²) in [6, 6.07) is 43.2. The van der Waals surface area contributed by atoms with Gasteiger partial charge in [-0.3, -0.25) is 4.79 Å². The third-order valence-electron chi connectivity index (χ3n) is 10.0. The molecule has 2 N–H and O–H groups in total. The molecule has 0 bridgehead atoms. The Bertz CT molecular complexity index is 2100. The number of nitrogens with zero attached hydrogens (tertiary/aromatic N) is 3. The molecule has 2 amide bonds. The fraction of sp³-hybridized carbons (Fsp3) is 0.233. The lowest BCUT2D eigenvalue weighted by Gasteiger charge is -2.37. The minimum atomic E-state index is -1.01. The summed E-state index contributed by atoms with van der Waals surface area (Å²) < 4.78 is 2.03. The Kier molecular flexibility index (Phi) is 9.17. The van der Waals surface area contributed by atoms with Gasteiger partial charge in [-0.2, -0.15) is 5.10 Å². The molecule has 1 aliphatic rings. The first-order chi connectivity index (χ1) is 24.6. The number of fused-ring (bicyclic) bond motifs is 1. The number of amides is 2. The molecule has 1 aliphatic heterocycles. The number of carbonyl (C=O) groups is 2. The molecule has 5 aromatic carbocycles. The van der Waals surface area contributed by atoms with Gasteiger partial charge in [-0.15, -0.1) is 0 Å². The molecule has 258 valence electrons. The minimum Gasteiger partial charge on any atom is -0.465 e. The van der Waals surface area contributed by atoms with Crippen LogP contribution in [0.4, 0.5) is 10.6 Å². The Morgan fingerprint density at radius 3 is 1.92 bits per heavy atom. The normalized spacial score (nSPS) is 15.1. The van der Waals surface area contributed by atoms with E-state index in [4.69, 9.17) is 16.7 Å². The van der Waals surface area contributed by atoms with Crippen LogP contribution in [0.25, 0.3) is 22.0 Å². The van der Waals surface area contributed by atoms with Crippen LogP contribution >= 0.6 is 11.6 Å². The first-order valence-corrected chi connectivity index (χ1v) is 17.7. The van der Waals surface area contributed by atoms with E-state index >= 15 is 0 Å². The third-order valence-corrected chi connectivity index (χ3v) is 10.3. The fourth-order valence-corrected chi connectivity index (χ4v) is 7.56. The second kappa shape index (κ2) is 13.7. The second-order valence-electron chi connectivity index (χ2n) is 14.3. The van der Waals surface area contributed by atoms with Gasteiger partial charge in [0.1, 0.15) is 5.54 Å². The number of rotatable bonds is 7. The predicted molar refractivity (Wildman–Crippen MR) is 204 cm³/mol. The number of hydrogen-bond acceptors (Lipinski definition) is 3. The van der Waals surface area contributed by atoms with Gasteiger partial charge in [0.15, 0.2) is 5.82 Å². The molecule has 8 heteroatoms. The lowest BCUT2D eigenvalue weighted by atomic mass is 9.77. The van der Waals surface area contributed by atoms with E-state index in [-0.39, 0.29) is 17.9 Å². The molecule has 6 aromatic rings. The van der Waals surface area contributed by atoms with Crippen LogP contribution < -0.4 is 5.32 Å².